The molecule has 4 nitrogen and oxygen atoms in total. The Morgan fingerprint density at radius 3 is 2.19 bits per heavy atom. The van der Waals surface area contributed by atoms with Crippen LogP contribution in [0.5, 0.6) is 0 Å². The van der Waals surface area contributed by atoms with Crippen molar-refractivity contribution in [2.24, 2.45) is 0 Å². The number of hydrogen-bond acceptors (Lipinski definition) is 4. The van der Waals surface area contributed by atoms with Gasteiger partial charge in [0.2, 0.25) is 5.91 Å². The summed E-state index contributed by atoms with van der Waals surface area (Å²) in [4.78, 5) is 16.0. The molecule has 0 bridgehead atoms. The fourth-order valence-electron chi connectivity index (χ4n) is 2.32. The Morgan fingerprint density at radius 2 is 1.59 bits per heavy atom. The highest BCUT2D eigenvalue weighted by Crippen LogP contribution is 2.35. The first-order valence-electron chi connectivity index (χ1n) is 8.00. The molecule has 1 aromatic heterocycles. The lowest BCUT2D eigenvalue weighted by Gasteiger charge is -2.07. The van der Waals surface area contributed by atoms with Gasteiger partial charge in [0, 0.05) is 11.1 Å². The monoisotopic (exact) mass is 392 g/mol. The number of aromatic nitrogens is 1. The largest absolute Gasteiger partial charge is 0.431 e. The quantitative estimate of drug-likeness (QED) is 0.614. The van der Waals surface area contributed by atoms with Crippen LogP contribution in [0.4, 0.5) is 13.2 Å². The van der Waals surface area contributed by atoms with Gasteiger partial charge in [0.25, 0.3) is 5.22 Å². The minimum absolute atomic E-state index is 0.217. The molecule has 0 aliphatic carbocycles. The SMILES string of the molecule is O=C(CSc1nc(-c2ccccc2)c(-c2ccccc2)o1)NCC(F)(F)F. The van der Waals surface area contributed by atoms with Crippen LogP contribution < -0.4 is 5.32 Å². The van der Waals surface area contributed by atoms with Gasteiger partial charge in [0.15, 0.2) is 5.76 Å². The summed E-state index contributed by atoms with van der Waals surface area (Å²) in [5, 5.41) is 2.04. The molecule has 1 heterocycles. The van der Waals surface area contributed by atoms with Crippen molar-refractivity contribution in [3.05, 3.63) is 60.7 Å². The molecule has 0 unspecified atom stereocenters. The number of carbonyl (C=O) groups excluding carboxylic acids is 1. The first-order valence-corrected chi connectivity index (χ1v) is 8.99. The van der Waals surface area contributed by atoms with E-state index in [-0.39, 0.29) is 11.0 Å². The van der Waals surface area contributed by atoms with Gasteiger partial charge in [-0.2, -0.15) is 13.2 Å². The van der Waals surface area contributed by atoms with Crippen molar-refractivity contribution in [1.82, 2.24) is 10.3 Å². The van der Waals surface area contributed by atoms with E-state index in [9.17, 15) is 18.0 Å². The van der Waals surface area contributed by atoms with Crippen LogP contribution in [0.2, 0.25) is 0 Å². The Bertz CT molecular complexity index is 839. The normalized spacial score (nSPS) is 11.4. The van der Waals surface area contributed by atoms with Crippen LogP contribution in [0.1, 0.15) is 0 Å². The lowest BCUT2D eigenvalue weighted by molar-refractivity contribution is -0.136. The third-order valence-electron chi connectivity index (χ3n) is 3.50. The van der Waals surface area contributed by atoms with Gasteiger partial charge < -0.3 is 9.73 Å². The molecule has 0 atom stereocenters. The molecule has 27 heavy (non-hydrogen) atoms. The minimum atomic E-state index is -4.44. The molecule has 0 aliphatic rings. The number of oxazole rings is 1. The number of benzene rings is 2. The summed E-state index contributed by atoms with van der Waals surface area (Å²) < 4.78 is 42.3. The Balaban J connectivity index is 1.79. The van der Waals surface area contributed by atoms with Crippen molar-refractivity contribution >= 4 is 17.7 Å². The molecule has 2 aromatic carbocycles. The number of nitrogens with zero attached hydrogens (tertiary/aromatic N) is 1. The molecule has 1 N–H and O–H groups in total. The van der Waals surface area contributed by atoms with Gasteiger partial charge in [-0.15, -0.1) is 0 Å². The van der Waals surface area contributed by atoms with E-state index in [0.29, 0.717) is 11.5 Å². The lowest BCUT2D eigenvalue weighted by Crippen LogP contribution is -2.34. The van der Waals surface area contributed by atoms with Gasteiger partial charge in [-0.05, 0) is 0 Å². The summed E-state index contributed by atoms with van der Waals surface area (Å²) in [6.45, 7) is -1.36. The maximum Gasteiger partial charge on any atom is 0.405 e. The molecule has 3 rings (SSSR count). The fraction of sp³-hybridized carbons (Fsp3) is 0.158. The molecular weight excluding hydrogens is 377 g/mol. The summed E-state index contributed by atoms with van der Waals surface area (Å²) in [6.07, 6.45) is -4.44. The van der Waals surface area contributed by atoms with Gasteiger partial charge in [-0.25, -0.2) is 4.98 Å². The van der Waals surface area contributed by atoms with Gasteiger partial charge in [-0.1, -0.05) is 72.4 Å². The van der Waals surface area contributed by atoms with E-state index in [1.54, 1.807) is 0 Å². The highest BCUT2D eigenvalue weighted by atomic mass is 32.2. The number of hydrogen-bond donors (Lipinski definition) is 1. The van der Waals surface area contributed by atoms with Gasteiger partial charge in [0.1, 0.15) is 12.2 Å². The van der Waals surface area contributed by atoms with Crippen LogP contribution in [0.25, 0.3) is 22.6 Å². The van der Waals surface area contributed by atoms with E-state index in [2.05, 4.69) is 4.98 Å². The molecule has 8 heteroatoms. The Morgan fingerprint density at radius 1 is 1.00 bits per heavy atom. The maximum absolute atomic E-state index is 12.2. The molecule has 0 radical (unpaired) electrons. The molecule has 0 spiro atoms. The Kier molecular flexibility index (Phi) is 5.85. The summed E-state index contributed by atoms with van der Waals surface area (Å²) in [6, 6.07) is 18.7. The van der Waals surface area contributed by atoms with Crippen LogP contribution in [0.3, 0.4) is 0 Å². The van der Waals surface area contributed by atoms with Crippen LogP contribution >= 0.6 is 11.8 Å². The van der Waals surface area contributed by atoms with Crippen molar-refractivity contribution in [3.8, 4) is 22.6 Å². The second-order valence-corrected chi connectivity index (χ2v) is 6.50. The second-order valence-electron chi connectivity index (χ2n) is 5.57. The summed E-state index contributed by atoms with van der Waals surface area (Å²) in [7, 11) is 0. The predicted octanol–water partition coefficient (Wildman–Crippen LogP) is 4.78. The third kappa shape index (κ3) is 5.37. The lowest BCUT2D eigenvalue weighted by atomic mass is 10.1. The van der Waals surface area contributed by atoms with Crippen molar-refractivity contribution < 1.29 is 22.4 Å². The topological polar surface area (TPSA) is 55.1 Å². The molecule has 3 aromatic rings. The van der Waals surface area contributed by atoms with Gasteiger partial charge >= 0.3 is 6.18 Å². The fourth-order valence-corrected chi connectivity index (χ4v) is 2.97. The molecule has 0 aliphatic heterocycles. The van der Waals surface area contributed by atoms with E-state index < -0.39 is 18.6 Å². The van der Waals surface area contributed by atoms with Gasteiger partial charge in [0.05, 0.1) is 5.75 Å². The maximum atomic E-state index is 12.2. The first kappa shape index (κ1) is 19.0. The number of alkyl halides is 3. The number of halogens is 3. The van der Waals surface area contributed by atoms with E-state index in [4.69, 9.17) is 4.42 Å². The highest BCUT2D eigenvalue weighted by Gasteiger charge is 2.27. The molecule has 0 saturated heterocycles. The molecular formula is C19H15F3N2O2S. The molecule has 0 fully saturated rings. The summed E-state index contributed by atoms with van der Waals surface area (Å²) in [5.41, 5.74) is 2.27. The number of nitrogens with one attached hydrogen (secondary N) is 1. The highest BCUT2D eigenvalue weighted by molar-refractivity contribution is 7.99. The van der Waals surface area contributed by atoms with Crippen LogP contribution in [-0.2, 0) is 4.79 Å². The van der Waals surface area contributed by atoms with E-state index in [1.807, 2.05) is 66.0 Å². The average Bonchev–Trinajstić information content (AvgIpc) is 3.10. The summed E-state index contributed by atoms with van der Waals surface area (Å²) >= 11 is 0.946. The van der Waals surface area contributed by atoms with E-state index in [1.165, 1.54) is 0 Å². The minimum Gasteiger partial charge on any atom is -0.431 e. The number of carbonyl (C=O) groups is 1. The van der Waals surface area contributed by atoms with Crippen molar-refractivity contribution in [2.75, 3.05) is 12.3 Å². The smallest absolute Gasteiger partial charge is 0.405 e. The standard InChI is InChI=1S/C19H15F3N2O2S/c20-19(21,22)12-23-15(25)11-27-18-24-16(13-7-3-1-4-8-13)17(26-18)14-9-5-2-6-10-14/h1-10H,11-12H2,(H,23,25). The number of thioether (sulfide) groups is 1. The van der Waals surface area contributed by atoms with Crippen LogP contribution in [-0.4, -0.2) is 29.4 Å². The molecule has 140 valence electrons. The average molecular weight is 392 g/mol. The van der Waals surface area contributed by atoms with E-state index in [0.717, 1.165) is 22.9 Å². The van der Waals surface area contributed by atoms with Gasteiger partial charge in [-0.3, -0.25) is 4.79 Å². The third-order valence-corrected chi connectivity index (χ3v) is 4.33. The zero-order valence-corrected chi connectivity index (χ0v) is 14.8. The number of rotatable bonds is 6. The first-order chi connectivity index (χ1) is 12.9. The molecule has 0 saturated carbocycles. The second kappa shape index (κ2) is 8.30. The van der Waals surface area contributed by atoms with Crippen molar-refractivity contribution in [3.63, 3.8) is 0 Å². The van der Waals surface area contributed by atoms with Crippen LogP contribution in [0.15, 0.2) is 70.3 Å². The van der Waals surface area contributed by atoms with Crippen molar-refractivity contribution in [2.45, 2.75) is 11.4 Å². The number of amides is 1. The van der Waals surface area contributed by atoms with Crippen LogP contribution in [0, 0.1) is 0 Å². The zero-order valence-electron chi connectivity index (χ0n) is 14.0. The van der Waals surface area contributed by atoms with Crippen molar-refractivity contribution in [1.29, 1.82) is 0 Å². The zero-order chi connectivity index (χ0) is 19.3. The predicted molar refractivity (Wildman–Crippen MR) is 97.2 cm³/mol. The Hall–Kier alpha value is -2.74. The van der Waals surface area contributed by atoms with E-state index >= 15 is 0 Å². The summed E-state index contributed by atoms with van der Waals surface area (Å²) in [5.74, 6) is -0.419. The molecule has 1 amide bonds. The Labute approximate surface area is 157 Å².